The molecule has 0 aliphatic carbocycles. The van der Waals surface area contributed by atoms with E-state index in [9.17, 15) is 5.11 Å². The van der Waals surface area contributed by atoms with Crippen molar-refractivity contribution in [2.45, 2.75) is 44.4 Å². The molecule has 0 saturated carbocycles. The molecule has 0 bridgehead atoms. The molecule has 0 rings (SSSR count). The zero-order valence-electron chi connectivity index (χ0n) is 7.69. The third-order valence-electron chi connectivity index (χ3n) is 1.86. The van der Waals surface area contributed by atoms with Crippen LogP contribution in [0.5, 0.6) is 0 Å². The number of alkyl halides is 1. The van der Waals surface area contributed by atoms with Crippen molar-refractivity contribution in [2.75, 3.05) is 6.61 Å². The van der Waals surface area contributed by atoms with Gasteiger partial charge in [-0.15, -0.1) is 0 Å². The fraction of sp³-hybridized carbons (Fsp3) is 1.00. The van der Waals surface area contributed by atoms with Crippen molar-refractivity contribution in [1.29, 1.82) is 0 Å². The molecule has 0 saturated heterocycles. The fourth-order valence-electron chi connectivity index (χ4n) is 1.38. The van der Waals surface area contributed by atoms with Crippen LogP contribution in [-0.2, 0) is 5.11 Å². The van der Waals surface area contributed by atoms with Gasteiger partial charge in [-0.05, 0) is 19.3 Å². The summed E-state index contributed by atoms with van der Waals surface area (Å²) in [5, 5.41) is 10.6. The maximum Gasteiger partial charge on any atom is 0.0972 e. The zero-order chi connectivity index (χ0) is 8.91. The van der Waals surface area contributed by atoms with Crippen LogP contribution >= 0.6 is 15.9 Å². The van der Waals surface area contributed by atoms with Gasteiger partial charge in [0.1, 0.15) is 0 Å². The average Bonchev–Trinajstić information content (AvgIpc) is 1.87. The highest BCUT2D eigenvalue weighted by molar-refractivity contribution is 9.10. The second kappa shape index (κ2) is 5.15. The van der Waals surface area contributed by atoms with Gasteiger partial charge in [-0.3, -0.25) is 0 Å². The van der Waals surface area contributed by atoms with Crippen LogP contribution < -0.4 is 0 Å². The average molecular weight is 222 g/mol. The number of hydrogen-bond acceptors (Lipinski definition) is 0. The molecule has 2 unspecified atom stereocenters. The van der Waals surface area contributed by atoms with Gasteiger partial charge in [0, 0.05) is 4.32 Å². The van der Waals surface area contributed by atoms with E-state index in [-0.39, 0.29) is 10.9 Å². The maximum absolute atomic E-state index is 10.6. The van der Waals surface area contributed by atoms with Crippen molar-refractivity contribution in [3.8, 4) is 0 Å². The molecule has 0 aliphatic rings. The van der Waals surface area contributed by atoms with Gasteiger partial charge in [0.15, 0.2) is 0 Å². The van der Waals surface area contributed by atoms with Crippen LogP contribution in [0, 0.1) is 5.92 Å². The lowest BCUT2D eigenvalue weighted by Crippen LogP contribution is -2.23. The van der Waals surface area contributed by atoms with Crippen LogP contribution in [0.1, 0.15) is 40.0 Å². The fourth-order valence-corrected chi connectivity index (χ4v) is 1.93. The van der Waals surface area contributed by atoms with E-state index < -0.39 is 0 Å². The summed E-state index contributed by atoms with van der Waals surface area (Å²) in [5.41, 5.74) is 0. The molecular formula is C9H18BrO. The summed E-state index contributed by atoms with van der Waals surface area (Å²) < 4.78 is -0.179. The van der Waals surface area contributed by atoms with E-state index in [1.54, 1.807) is 0 Å². The van der Waals surface area contributed by atoms with Crippen molar-refractivity contribution in [1.82, 2.24) is 0 Å². The summed E-state index contributed by atoms with van der Waals surface area (Å²) in [7, 11) is 0. The van der Waals surface area contributed by atoms with E-state index in [0.717, 1.165) is 6.42 Å². The van der Waals surface area contributed by atoms with Crippen LogP contribution in [0.2, 0.25) is 0 Å². The molecule has 1 nitrogen and oxygen atoms in total. The van der Waals surface area contributed by atoms with Crippen LogP contribution in [0.3, 0.4) is 0 Å². The Morgan fingerprint density at radius 3 is 2.45 bits per heavy atom. The summed E-state index contributed by atoms with van der Waals surface area (Å²) in [6.07, 6.45) is 3.43. The van der Waals surface area contributed by atoms with E-state index in [1.165, 1.54) is 12.8 Å². The van der Waals surface area contributed by atoms with Crippen molar-refractivity contribution in [3.05, 3.63) is 0 Å². The van der Waals surface area contributed by atoms with Crippen molar-refractivity contribution >= 4 is 15.9 Å². The Morgan fingerprint density at radius 1 is 1.55 bits per heavy atom. The van der Waals surface area contributed by atoms with Gasteiger partial charge in [-0.25, -0.2) is 5.11 Å². The smallest absolute Gasteiger partial charge is 0.0972 e. The third kappa shape index (κ3) is 5.68. The zero-order valence-corrected chi connectivity index (χ0v) is 9.28. The quantitative estimate of drug-likeness (QED) is 0.635. The predicted molar refractivity (Wildman–Crippen MR) is 51.6 cm³/mol. The first kappa shape index (κ1) is 11.4. The number of halogens is 1. The molecule has 0 amide bonds. The highest BCUT2D eigenvalue weighted by Crippen LogP contribution is 2.27. The molecule has 0 aromatic rings. The molecule has 0 N–H and O–H groups in total. The normalized spacial score (nSPS) is 19.4. The van der Waals surface area contributed by atoms with Gasteiger partial charge in [0.25, 0.3) is 0 Å². The molecule has 0 heterocycles. The van der Waals surface area contributed by atoms with Crippen molar-refractivity contribution in [2.24, 2.45) is 5.92 Å². The second-order valence-electron chi connectivity index (χ2n) is 3.66. The lowest BCUT2D eigenvalue weighted by molar-refractivity contribution is 0.156. The topological polar surface area (TPSA) is 19.9 Å². The summed E-state index contributed by atoms with van der Waals surface area (Å²) in [4.78, 5) is 0. The molecule has 0 fully saturated rings. The lowest BCUT2D eigenvalue weighted by Gasteiger charge is -2.22. The largest absolute Gasteiger partial charge is 0.235 e. The van der Waals surface area contributed by atoms with E-state index in [4.69, 9.17) is 0 Å². The molecule has 1 radical (unpaired) electrons. The minimum absolute atomic E-state index is 0.0267. The Kier molecular flexibility index (Phi) is 5.36. The van der Waals surface area contributed by atoms with E-state index in [2.05, 4.69) is 29.8 Å². The van der Waals surface area contributed by atoms with Crippen molar-refractivity contribution < 1.29 is 5.11 Å². The van der Waals surface area contributed by atoms with Crippen LogP contribution in [0.15, 0.2) is 0 Å². The second-order valence-corrected chi connectivity index (χ2v) is 5.57. The first-order valence-corrected chi connectivity index (χ1v) is 5.08. The van der Waals surface area contributed by atoms with E-state index in [0.29, 0.717) is 5.92 Å². The Hall–Kier alpha value is 0.440. The molecular weight excluding hydrogens is 204 g/mol. The SMILES string of the molecule is CCCC(C)CC(C)(Br)C[O]. The van der Waals surface area contributed by atoms with Gasteiger partial charge in [-0.1, -0.05) is 42.6 Å². The van der Waals surface area contributed by atoms with E-state index in [1.807, 2.05) is 6.92 Å². The molecule has 11 heavy (non-hydrogen) atoms. The first-order valence-electron chi connectivity index (χ1n) is 4.29. The number of rotatable bonds is 5. The van der Waals surface area contributed by atoms with Gasteiger partial charge < -0.3 is 0 Å². The van der Waals surface area contributed by atoms with Gasteiger partial charge >= 0.3 is 0 Å². The number of hydrogen-bond donors (Lipinski definition) is 0. The summed E-state index contributed by atoms with van der Waals surface area (Å²) in [6, 6.07) is 0. The predicted octanol–water partition coefficient (Wildman–Crippen LogP) is 3.40. The molecule has 0 aromatic heterocycles. The molecule has 0 aromatic carbocycles. The highest BCUT2D eigenvalue weighted by atomic mass is 79.9. The third-order valence-corrected chi connectivity index (χ3v) is 2.41. The minimum atomic E-state index is -0.179. The van der Waals surface area contributed by atoms with Crippen LogP contribution in [0.25, 0.3) is 0 Å². The summed E-state index contributed by atoms with van der Waals surface area (Å²) >= 11 is 3.44. The molecule has 0 spiro atoms. The minimum Gasteiger partial charge on any atom is -0.235 e. The molecule has 2 heteroatoms. The van der Waals surface area contributed by atoms with Gasteiger partial charge in [0.2, 0.25) is 0 Å². The van der Waals surface area contributed by atoms with E-state index >= 15 is 0 Å². The Bertz CT molecular complexity index is 102. The Balaban J connectivity index is 3.64. The Morgan fingerprint density at radius 2 is 2.09 bits per heavy atom. The maximum atomic E-state index is 10.6. The molecule has 0 aliphatic heterocycles. The van der Waals surface area contributed by atoms with Crippen LogP contribution in [-0.4, -0.2) is 10.9 Å². The van der Waals surface area contributed by atoms with Crippen molar-refractivity contribution in [3.63, 3.8) is 0 Å². The summed E-state index contributed by atoms with van der Waals surface area (Å²) in [5.74, 6) is 0.665. The first-order chi connectivity index (χ1) is 5.02. The van der Waals surface area contributed by atoms with Crippen LogP contribution in [0.4, 0.5) is 0 Å². The standard InChI is InChI=1S/C9H18BrO/c1-4-5-8(2)6-9(3,10)7-11/h8H,4-7H2,1-3H3. The monoisotopic (exact) mass is 221 g/mol. The molecule has 2 atom stereocenters. The van der Waals surface area contributed by atoms with Gasteiger partial charge in [-0.2, -0.15) is 0 Å². The molecule has 67 valence electrons. The lowest BCUT2D eigenvalue weighted by atomic mass is 9.94. The highest BCUT2D eigenvalue weighted by Gasteiger charge is 2.22. The summed E-state index contributed by atoms with van der Waals surface area (Å²) in [6.45, 7) is 6.34. The van der Waals surface area contributed by atoms with Gasteiger partial charge in [0.05, 0.1) is 6.61 Å². The Labute approximate surface area is 78.3 Å².